The minimum atomic E-state index is -0.305. The Labute approximate surface area is 206 Å². The molecule has 0 saturated carbocycles. The van der Waals surface area contributed by atoms with Crippen LogP contribution >= 0.6 is 0 Å². The van der Waals surface area contributed by atoms with Gasteiger partial charge in [-0.2, -0.15) is 0 Å². The molecule has 3 heterocycles. The first kappa shape index (κ1) is 21.9. The first-order chi connectivity index (χ1) is 17.5. The number of rotatable bonds is 4. The maximum Gasteiger partial charge on any atom is 0.272 e. The highest BCUT2D eigenvalue weighted by atomic mass is 19.1. The van der Waals surface area contributed by atoms with Crippen LogP contribution in [-0.4, -0.2) is 15.5 Å². The molecule has 0 aliphatic carbocycles. The van der Waals surface area contributed by atoms with E-state index in [9.17, 15) is 14.0 Å². The van der Waals surface area contributed by atoms with E-state index in [0.717, 1.165) is 39.0 Å². The molecule has 1 amide bonds. The summed E-state index contributed by atoms with van der Waals surface area (Å²) in [6.07, 6.45) is 3.97. The fourth-order valence-electron chi connectivity index (χ4n) is 5.01. The molecular weight excluding hydrogens is 455 g/mol. The predicted octanol–water partition coefficient (Wildman–Crippen LogP) is 5.51. The quantitative estimate of drug-likeness (QED) is 0.358. The van der Waals surface area contributed by atoms with Gasteiger partial charge in [-0.15, -0.1) is 0 Å². The van der Waals surface area contributed by atoms with Crippen molar-refractivity contribution in [3.05, 3.63) is 112 Å². The van der Waals surface area contributed by atoms with E-state index in [0.29, 0.717) is 17.7 Å². The molecule has 0 radical (unpaired) electrons. The van der Waals surface area contributed by atoms with E-state index in [1.54, 1.807) is 18.3 Å². The Morgan fingerprint density at radius 2 is 1.81 bits per heavy atom. The van der Waals surface area contributed by atoms with Gasteiger partial charge in [0.05, 0.1) is 13.0 Å². The summed E-state index contributed by atoms with van der Waals surface area (Å²) in [5, 5.41) is 3.89. The highest BCUT2D eigenvalue weighted by molar-refractivity contribution is 6.04. The number of aryl methyl sites for hydroxylation is 1. The Balaban J connectivity index is 1.48. The molecule has 0 saturated heterocycles. The number of nitrogens with one attached hydrogen (secondary N) is 2. The van der Waals surface area contributed by atoms with Gasteiger partial charge in [-0.05, 0) is 53.6 Å². The standard InChI is InChI=1S/C29H23FN4O2/c1-33-17-24-23-14-21(32-26(35)13-18-5-3-2-4-6-18)9-12-25(23)34(22-10-7-20(30)8-11-22)16-19-15-31-29(36)28(33)27(19)24/h2-12,14-15,17H,13,16H2,1H3,(H,31,36)(H,32,35). The fraction of sp³-hybridized carbons (Fsp3) is 0.103. The number of aromatic nitrogens is 2. The number of halogens is 1. The Hall–Kier alpha value is -4.65. The molecule has 0 unspecified atom stereocenters. The summed E-state index contributed by atoms with van der Waals surface area (Å²) in [5.41, 5.74) is 6.50. The summed E-state index contributed by atoms with van der Waals surface area (Å²) in [7, 11) is 1.86. The van der Waals surface area contributed by atoms with Gasteiger partial charge in [-0.3, -0.25) is 9.59 Å². The predicted molar refractivity (Wildman–Crippen MR) is 140 cm³/mol. The number of aromatic amines is 1. The molecule has 7 heteroatoms. The number of anilines is 3. The molecule has 0 spiro atoms. The van der Waals surface area contributed by atoms with E-state index >= 15 is 0 Å². The number of H-pyrrole nitrogens is 1. The summed E-state index contributed by atoms with van der Waals surface area (Å²) < 4.78 is 15.5. The minimum absolute atomic E-state index is 0.111. The molecule has 0 fully saturated rings. The molecule has 0 bridgehead atoms. The Bertz CT molecular complexity index is 1670. The molecular formula is C29H23FN4O2. The van der Waals surface area contributed by atoms with Crippen molar-refractivity contribution < 1.29 is 9.18 Å². The highest BCUT2D eigenvalue weighted by Crippen LogP contribution is 2.44. The van der Waals surface area contributed by atoms with Gasteiger partial charge in [0.15, 0.2) is 0 Å². The summed E-state index contributed by atoms with van der Waals surface area (Å²) in [5.74, 6) is -0.416. The van der Waals surface area contributed by atoms with Crippen molar-refractivity contribution in [2.24, 2.45) is 7.05 Å². The van der Waals surface area contributed by atoms with Crippen LogP contribution in [0.15, 0.2) is 90.0 Å². The van der Waals surface area contributed by atoms with Crippen molar-refractivity contribution in [2.45, 2.75) is 13.0 Å². The zero-order chi connectivity index (χ0) is 24.8. The number of nitrogens with zero attached hydrogens (tertiary/aromatic N) is 2. The van der Waals surface area contributed by atoms with Crippen molar-refractivity contribution >= 4 is 33.9 Å². The molecule has 3 aromatic carbocycles. The molecule has 1 aliphatic heterocycles. The van der Waals surface area contributed by atoms with Gasteiger partial charge in [0.2, 0.25) is 5.91 Å². The number of benzene rings is 3. The molecule has 0 atom stereocenters. The van der Waals surface area contributed by atoms with Gasteiger partial charge in [-0.1, -0.05) is 30.3 Å². The van der Waals surface area contributed by atoms with Gasteiger partial charge >= 0.3 is 0 Å². The largest absolute Gasteiger partial charge is 0.345 e. The average molecular weight is 479 g/mol. The lowest BCUT2D eigenvalue weighted by atomic mass is 10.0. The van der Waals surface area contributed by atoms with Crippen LogP contribution in [0.5, 0.6) is 0 Å². The van der Waals surface area contributed by atoms with E-state index in [4.69, 9.17) is 0 Å². The third kappa shape index (κ3) is 3.75. The van der Waals surface area contributed by atoms with Crippen LogP contribution in [0.3, 0.4) is 0 Å². The van der Waals surface area contributed by atoms with Gasteiger partial charge < -0.3 is 19.8 Å². The molecule has 5 aromatic rings. The van der Waals surface area contributed by atoms with E-state index in [1.807, 2.05) is 66.3 Å². The molecule has 6 rings (SSSR count). The van der Waals surface area contributed by atoms with Gasteiger partial charge in [0.1, 0.15) is 11.3 Å². The second kappa shape index (κ2) is 8.53. The van der Waals surface area contributed by atoms with E-state index in [2.05, 4.69) is 15.2 Å². The zero-order valence-electron chi connectivity index (χ0n) is 19.6. The van der Waals surface area contributed by atoms with Crippen LogP contribution in [0.4, 0.5) is 21.5 Å². The maximum atomic E-state index is 13.7. The smallest absolute Gasteiger partial charge is 0.272 e. The average Bonchev–Trinajstić information content (AvgIpc) is 3.17. The van der Waals surface area contributed by atoms with Crippen LogP contribution in [0.1, 0.15) is 11.1 Å². The lowest BCUT2D eigenvalue weighted by Gasteiger charge is -2.26. The summed E-state index contributed by atoms with van der Waals surface area (Å²) in [6, 6.07) is 21.7. The number of carbonyl (C=O) groups excluding carboxylic acids is 1. The van der Waals surface area contributed by atoms with E-state index < -0.39 is 0 Å². The van der Waals surface area contributed by atoms with Crippen LogP contribution in [0.25, 0.3) is 22.0 Å². The number of carbonyl (C=O) groups is 1. The van der Waals surface area contributed by atoms with Crippen LogP contribution < -0.4 is 15.8 Å². The molecule has 178 valence electrons. The topological polar surface area (TPSA) is 70.1 Å². The minimum Gasteiger partial charge on any atom is -0.345 e. The zero-order valence-corrected chi connectivity index (χ0v) is 19.6. The first-order valence-electron chi connectivity index (χ1n) is 11.7. The Morgan fingerprint density at radius 3 is 2.58 bits per heavy atom. The summed E-state index contributed by atoms with van der Waals surface area (Å²) in [4.78, 5) is 30.4. The number of hydrogen-bond donors (Lipinski definition) is 2. The SMILES string of the molecule is Cn1cc2c3c(c[nH]c(=O)c31)CN(c1ccc(F)cc1)c1ccc(NC(=O)Cc3ccccc3)cc1-2. The molecule has 1 aliphatic rings. The first-order valence-corrected chi connectivity index (χ1v) is 11.7. The van der Waals surface area contributed by atoms with Crippen molar-refractivity contribution in [1.82, 2.24) is 9.55 Å². The summed E-state index contributed by atoms with van der Waals surface area (Å²) >= 11 is 0. The van der Waals surface area contributed by atoms with E-state index in [1.165, 1.54) is 12.1 Å². The van der Waals surface area contributed by atoms with Crippen molar-refractivity contribution in [1.29, 1.82) is 0 Å². The van der Waals surface area contributed by atoms with E-state index in [-0.39, 0.29) is 23.7 Å². The lowest BCUT2D eigenvalue weighted by Crippen LogP contribution is -2.18. The normalized spacial score (nSPS) is 12.3. The molecule has 6 nitrogen and oxygen atoms in total. The lowest BCUT2D eigenvalue weighted by molar-refractivity contribution is -0.115. The van der Waals surface area contributed by atoms with Crippen LogP contribution in [-0.2, 0) is 24.8 Å². The second-order valence-electron chi connectivity index (χ2n) is 9.03. The highest BCUT2D eigenvalue weighted by Gasteiger charge is 2.26. The number of fused-ring (bicyclic) bond motifs is 2. The number of pyridine rings is 1. The third-order valence-corrected chi connectivity index (χ3v) is 6.63. The Kier molecular flexibility index (Phi) is 5.18. The van der Waals surface area contributed by atoms with Crippen molar-refractivity contribution in [3.8, 4) is 11.1 Å². The van der Waals surface area contributed by atoms with Gasteiger partial charge in [0.25, 0.3) is 5.56 Å². The summed E-state index contributed by atoms with van der Waals surface area (Å²) in [6.45, 7) is 0.489. The second-order valence-corrected chi connectivity index (χ2v) is 9.03. The van der Waals surface area contributed by atoms with Gasteiger partial charge in [0, 0.05) is 53.0 Å². The molecule has 36 heavy (non-hydrogen) atoms. The third-order valence-electron chi connectivity index (χ3n) is 6.63. The van der Waals surface area contributed by atoms with Gasteiger partial charge in [-0.25, -0.2) is 4.39 Å². The molecule has 2 aromatic heterocycles. The monoisotopic (exact) mass is 478 g/mol. The van der Waals surface area contributed by atoms with Crippen LogP contribution in [0, 0.1) is 5.82 Å². The Morgan fingerprint density at radius 1 is 1.03 bits per heavy atom. The van der Waals surface area contributed by atoms with Crippen molar-refractivity contribution in [3.63, 3.8) is 0 Å². The van der Waals surface area contributed by atoms with Crippen molar-refractivity contribution in [2.75, 3.05) is 10.2 Å². The maximum absolute atomic E-state index is 13.7. The number of hydrogen-bond acceptors (Lipinski definition) is 3. The van der Waals surface area contributed by atoms with Crippen LogP contribution in [0.2, 0.25) is 0 Å². The fourth-order valence-corrected chi connectivity index (χ4v) is 5.01. The number of amides is 1. The molecule has 2 N–H and O–H groups in total.